The molecule has 0 aromatic carbocycles. The molecule has 0 aliphatic heterocycles. The van der Waals surface area contributed by atoms with Crippen molar-refractivity contribution in [2.75, 3.05) is 33.2 Å². The van der Waals surface area contributed by atoms with E-state index in [1.54, 1.807) is 14.0 Å². The molecule has 110 valence electrons. The first-order chi connectivity index (χ1) is 8.80. The number of amides is 1. The van der Waals surface area contributed by atoms with Crippen molar-refractivity contribution < 1.29 is 18.0 Å². The second-order valence-electron chi connectivity index (χ2n) is 4.36. The van der Waals surface area contributed by atoms with E-state index in [1.165, 1.54) is 9.80 Å². The molecule has 0 aromatic rings. The molecule has 0 fully saturated rings. The predicted molar refractivity (Wildman–Crippen MR) is 65.3 cm³/mol. The van der Waals surface area contributed by atoms with Gasteiger partial charge in [-0.3, -0.25) is 9.69 Å². The van der Waals surface area contributed by atoms with Crippen molar-refractivity contribution >= 4 is 5.91 Å². The van der Waals surface area contributed by atoms with Crippen LogP contribution in [0.5, 0.6) is 0 Å². The maximum Gasteiger partial charge on any atom is 0.401 e. The van der Waals surface area contributed by atoms with Crippen molar-refractivity contribution in [1.82, 2.24) is 9.80 Å². The van der Waals surface area contributed by atoms with Crippen LogP contribution in [0.3, 0.4) is 0 Å². The van der Waals surface area contributed by atoms with Gasteiger partial charge in [-0.05, 0) is 13.0 Å². The van der Waals surface area contributed by atoms with Crippen LogP contribution in [0.25, 0.3) is 0 Å². The Morgan fingerprint density at radius 2 is 1.89 bits per heavy atom. The van der Waals surface area contributed by atoms with E-state index in [0.717, 1.165) is 0 Å². The molecule has 0 bridgehead atoms. The van der Waals surface area contributed by atoms with Gasteiger partial charge in [-0.1, -0.05) is 6.92 Å². The van der Waals surface area contributed by atoms with Gasteiger partial charge in [0.05, 0.1) is 19.0 Å². The molecule has 0 aromatic heterocycles. The summed E-state index contributed by atoms with van der Waals surface area (Å²) in [7, 11) is 1.55. The lowest BCUT2D eigenvalue weighted by atomic mass is 10.3. The van der Waals surface area contributed by atoms with Crippen LogP contribution < -0.4 is 0 Å². The lowest BCUT2D eigenvalue weighted by molar-refractivity contribution is -0.148. The number of nitriles is 1. The molecule has 0 saturated carbocycles. The fourth-order valence-corrected chi connectivity index (χ4v) is 1.63. The normalized spacial score (nSPS) is 11.4. The van der Waals surface area contributed by atoms with Crippen LogP contribution in [-0.4, -0.2) is 55.1 Å². The van der Waals surface area contributed by atoms with Crippen LogP contribution in [0, 0.1) is 11.3 Å². The number of hydrogen-bond donors (Lipinski definition) is 0. The first kappa shape index (κ1) is 17.7. The third-order valence-corrected chi connectivity index (χ3v) is 2.57. The summed E-state index contributed by atoms with van der Waals surface area (Å²) in [5.41, 5.74) is 0. The second-order valence-corrected chi connectivity index (χ2v) is 4.36. The summed E-state index contributed by atoms with van der Waals surface area (Å²) in [5, 5.41) is 8.39. The monoisotopic (exact) mass is 279 g/mol. The highest BCUT2D eigenvalue weighted by atomic mass is 19.4. The van der Waals surface area contributed by atoms with E-state index >= 15 is 0 Å². The molecule has 1 amide bonds. The third kappa shape index (κ3) is 9.31. The van der Waals surface area contributed by atoms with Crippen molar-refractivity contribution in [3.05, 3.63) is 0 Å². The average Bonchev–Trinajstić information content (AvgIpc) is 2.31. The highest BCUT2D eigenvalue weighted by Gasteiger charge is 2.30. The van der Waals surface area contributed by atoms with Crippen LogP contribution in [0.2, 0.25) is 0 Å². The van der Waals surface area contributed by atoms with Crippen LogP contribution in [0.4, 0.5) is 13.2 Å². The van der Waals surface area contributed by atoms with E-state index in [-0.39, 0.29) is 25.3 Å². The molecule has 0 aliphatic carbocycles. The molecular formula is C12H20F3N3O. The molecule has 19 heavy (non-hydrogen) atoms. The Bertz CT molecular complexity index is 312. The number of alkyl halides is 3. The molecule has 0 radical (unpaired) electrons. The Morgan fingerprint density at radius 3 is 2.37 bits per heavy atom. The van der Waals surface area contributed by atoms with E-state index < -0.39 is 12.7 Å². The third-order valence-electron chi connectivity index (χ3n) is 2.57. The molecule has 0 N–H and O–H groups in total. The standard InChI is InChI=1S/C12H20F3N3O/c1-3-7-18(10-12(13,14)15)9-5-11(19)17(2)8-4-6-16/h3-5,7-10H2,1-2H3. The van der Waals surface area contributed by atoms with Crippen molar-refractivity contribution in [1.29, 1.82) is 5.26 Å². The zero-order valence-electron chi connectivity index (χ0n) is 11.3. The maximum atomic E-state index is 12.3. The fraction of sp³-hybridized carbons (Fsp3) is 0.833. The molecule has 0 atom stereocenters. The summed E-state index contributed by atoms with van der Waals surface area (Å²) in [4.78, 5) is 14.2. The van der Waals surface area contributed by atoms with E-state index in [2.05, 4.69) is 0 Å². The molecule has 0 saturated heterocycles. The van der Waals surface area contributed by atoms with Gasteiger partial charge in [-0.25, -0.2) is 0 Å². The van der Waals surface area contributed by atoms with E-state index in [0.29, 0.717) is 19.5 Å². The zero-order chi connectivity index (χ0) is 14.9. The number of rotatable bonds is 8. The highest BCUT2D eigenvalue weighted by Crippen LogP contribution is 2.16. The van der Waals surface area contributed by atoms with Crippen LogP contribution >= 0.6 is 0 Å². The van der Waals surface area contributed by atoms with Gasteiger partial charge in [-0.2, -0.15) is 18.4 Å². The summed E-state index contributed by atoms with van der Waals surface area (Å²) in [6, 6.07) is 1.92. The van der Waals surface area contributed by atoms with Crippen molar-refractivity contribution in [3.8, 4) is 6.07 Å². The Kier molecular flexibility index (Phi) is 8.16. The highest BCUT2D eigenvalue weighted by molar-refractivity contribution is 5.76. The number of nitrogens with zero attached hydrogens (tertiary/aromatic N) is 3. The van der Waals surface area contributed by atoms with Gasteiger partial charge in [0.1, 0.15) is 0 Å². The van der Waals surface area contributed by atoms with E-state index in [1.807, 2.05) is 6.07 Å². The minimum atomic E-state index is -4.25. The van der Waals surface area contributed by atoms with Gasteiger partial charge < -0.3 is 4.90 Å². The molecular weight excluding hydrogens is 259 g/mol. The Morgan fingerprint density at radius 1 is 1.26 bits per heavy atom. The summed E-state index contributed by atoms with van der Waals surface area (Å²) in [6.45, 7) is 1.51. The van der Waals surface area contributed by atoms with E-state index in [4.69, 9.17) is 5.26 Å². The quantitative estimate of drug-likeness (QED) is 0.683. The first-order valence-corrected chi connectivity index (χ1v) is 6.20. The number of hydrogen-bond acceptors (Lipinski definition) is 3. The van der Waals surface area contributed by atoms with Gasteiger partial charge in [0.2, 0.25) is 5.91 Å². The summed E-state index contributed by atoms with van der Waals surface area (Å²) < 4.78 is 36.9. The van der Waals surface area contributed by atoms with Crippen molar-refractivity contribution in [2.45, 2.75) is 32.4 Å². The zero-order valence-corrected chi connectivity index (χ0v) is 11.3. The summed E-state index contributed by atoms with van der Waals surface area (Å²) in [6.07, 6.45) is -3.37. The molecule has 0 unspecified atom stereocenters. The van der Waals surface area contributed by atoms with Gasteiger partial charge in [0.25, 0.3) is 0 Å². The second kappa shape index (κ2) is 8.75. The Balaban J connectivity index is 4.17. The number of carbonyl (C=O) groups is 1. The largest absolute Gasteiger partial charge is 0.401 e. The maximum absolute atomic E-state index is 12.3. The lowest BCUT2D eigenvalue weighted by Crippen LogP contribution is -2.38. The molecule has 0 heterocycles. The Labute approximate surface area is 111 Å². The fourth-order valence-electron chi connectivity index (χ4n) is 1.63. The minimum Gasteiger partial charge on any atom is -0.345 e. The molecule has 0 rings (SSSR count). The van der Waals surface area contributed by atoms with Crippen molar-refractivity contribution in [3.63, 3.8) is 0 Å². The Hall–Kier alpha value is -1.29. The lowest BCUT2D eigenvalue weighted by Gasteiger charge is -2.24. The average molecular weight is 279 g/mol. The van der Waals surface area contributed by atoms with Gasteiger partial charge in [0, 0.05) is 26.6 Å². The van der Waals surface area contributed by atoms with Crippen LogP contribution in [0.1, 0.15) is 26.2 Å². The minimum absolute atomic E-state index is 0.0397. The molecule has 0 aliphatic rings. The van der Waals surface area contributed by atoms with Gasteiger partial charge >= 0.3 is 6.18 Å². The van der Waals surface area contributed by atoms with Gasteiger partial charge in [0.15, 0.2) is 0 Å². The topological polar surface area (TPSA) is 47.3 Å². The van der Waals surface area contributed by atoms with E-state index in [9.17, 15) is 18.0 Å². The first-order valence-electron chi connectivity index (χ1n) is 6.20. The summed E-state index contributed by atoms with van der Waals surface area (Å²) in [5.74, 6) is -0.237. The van der Waals surface area contributed by atoms with Crippen LogP contribution in [-0.2, 0) is 4.79 Å². The molecule has 7 heteroatoms. The molecule has 4 nitrogen and oxygen atoms in total. The summed E-state index contributed by atoms with van der Waals surface area (Å²) >= 11 is 0. The SMILES string of the molecule is CCCN(CCC(=O)N(C)CCC#N)CC(F)(F)F. The smallest absolute Gasteiger partial charge is 0.345 e. The number of carbonyl (C=O) groups excluding carboxylic acids is 1. The number of halogens is 3. The molecule has 0 spiro atoms. The van der Waals surface area contributed by atoms with Crippen LogP contribution in [0.15, 0.2) is 0 Å². The van der Waals surface area contributed by atoms with Crippen molar-refractivity contribution in [2.24, 2.45) is 0 Å². The predicted octanol–water partition coefficient (Wildman–Crippen LogP) is 2.02. The van der Waals surface area contributed by atoms with Gasteiger partial charge in [-0.15, -0.1) is 0 Å².